The zero-order chi connectivity index (χ0) is 14.9. The number of nitrogen functional groups attached to an aromatic ring is 1. The van der Waals surface area contributed by atoms with Gasteiger partial charge in [0.15, 0.2) is 0 Å². The lowest BCUT2D eigenvalue weighted by atomic mass is 10.2. The molecule has 0 aliphatic heterocycles. The highest BCUT2D eigenvalue weighted by Crippen LogP contribution is 2.31. The second-order valence-corrected chi connectivity index (χ2v) is 4.63. The standard InChI is InChI=1S/C12H9F3N4S/c1-20-11-9(6-16)10(17)19(18-11)8-4-2-7(3-5-8)12(13,14)15/h2-5H,17H2,1H3. The number of anilines is 1. The Kier molecular flexibility index (Phi) is 3.63. The second kappa shape index (κ2) is 5.09. The number of rotatable bonds is 2. The molecule has 0 amide bonds. The predicted molar refractivity (Wildman–Crippen MR) is 69.5 cm³/mol. The summed E-state index contributed by atoms with van der Waals surface area (Å²) in [4.78, 5) is 0. The van der Waals surface area contributed by atoms with Gasteiger partial charge in [-0.25, -0.2) is 4.68 Å². The molecule has 20 heavy (non-hydrogen) atoms. The number of thioether (sulfide) groups is 1. The zero-order valence-electron chi connectivity index (χ0n) is 10.3. The Labute approximate surface area is 117 Å². The molecule has 8 heteroatoms. The van der Waals surface area contributed by atoms with Gasteiger partial charge in [-0.2, -0.15) is 23.5 Å². The largest absolute Gasteiger partial charge is 0.416 e. The van der Waals surface area contributed by atoms with E-state index in [-0.39, 0.29) is 11.4 Å². The predicted octanol–water partition coefficient (Wildman–Crippen LogP) is 3.07. The Balaban J connectivity index is 2.48. The van der Waals surface area contributed by atoms with E-state index < -0.39 is 11.7 Å². The SMILES string of the molecule is CSc1nn(-c2ccc(C(F)(F)F)cc2)c(N)c1C#N. The van der Waals surface area contributed by atoms with Crippen molar-refractivity contribution in [2.75, 3.05) is 12.0 Å². The maximum atomic E-state index is 12.5. The van der Waals surface area contributed by atoms with Crippen molar-refractivity contribution in [3.8, 4) is 11.8 Å². The molecule has 4 nitrogen and oxygen atoms in total. The van der Waals surface area contributed by atoms with Crippen LogP contribution in [0.1, 0.15) is 11.1 Å². The van der Waals surface area contributed by atoms with Gasteiger partial charge in [-0.15, -0.1) is 11.8 Å². The van der Waals surface area contributed by atoms with E-state index in [4.69, 9.17) is 11.0 Å². The van der Waals surface area contributed by atoms with Crippen LogP contribution in [0.5, 0.6) is 0 Å². The molecule has 0 bridgehead atoms. The topological polar surface area (TPSA) is 67.6 Å². The van der Waals surface area contributed by atoms with Crippen molar-refractivity contribution in [2.24, 2.45) is 0 Å². The molecule has 2 aromatic rings. The van der Waals surface area contributed by atoms with E-state index in [0.717, 1.165) is 12.1 Å². The summed E-state index contributed by atoms with van der Waals surface area (Å²) in [5, 5.41) is 13.5. The third kappa shape index (κ3) is 2.44. The minimum atomic E-state index is -4.39. The first kappa shape index (κ1) is 14.3. The molecular weight excluding hydrogens is 289 g/mol. The summed E-state index contributed by atoms with van der Waals surface area (Å²) in [6.07, 6.45) is -2.66. The van der Waals surface area contributed by atoms with Gasteiger partial charge in [0.2, 0.25) is 0 Å². The van der Waals surface area contributed by atoms with Gasteiger partial charge in [-0.1, -0.05) is 0 Å². The first-order chi connectivity index (χ1) is 9.38. The average Bonchev–Trinajstić information content (AvgIpc) is 2.74. The Hall–Kier alpha value is -2.14. The molecule has 0 aliphatic carbocycles. The fraction of sp³-hybridized carbons (Fsp3) is 0.167. The molecule has 0 unspecified atom stereocenters. The molecule has 2 N–H and O–H groups in total. The number of alkyl halides is 3. The number of halogens is 3. The lowest BCUT2D eigenvalue weighted by Crippen LogP contribution is -2.06. The number of nitriles is 1. The van der Waals surface area contributed by atoms with Gasteiger partial charge in [-0.3, -0.25) is 0 Å². The highest BCUT2D eigenvalue weighted by molar-refractivity contribution is 7.98. The number of hydrogen-bond donors (Lipinski definition) is 1. The van der Waals surface area contributed by atoms with Gasteiger partial charge in [0, 0.05) is 0 Å². The Morgan fingerprint density at radius 1 is 1.30 bits per heavy atom. The van der Waals surface area contributed by atoms with Crippen molar-refractivity contribution in [3.05, 3.63) is 35.4 Å². The highest BCUT2D eigenvalue weighted by Gasteiger charge is 2.30. The molecule has 2 rings (SSSR count). The normalized spacial score (nSPS) is 11.3. The van der Waals surface area contributed by atoms with Crippen LogP contribution < -0.4 is 5.73 Å². The van der Waals surface area contributed by atoms with Crippen LogP contribution in [0.15, 0.2) is 29.3 Å². The summed E-state index contributed by atoms with van der Waals surface area (Å²) in [5.74, 6) is 0.108. The van der Waals surface area contributed by atoms with Crippen molar-refractivity contribution >= 4 is 17.6 Å². The molecule has 104 valence electrons. The van der Waals surface area contributed by atoms with E-state index in [9.17, 15) is 13.2 Å². The van der Waals surface area contributed by atoms with Crippen molar-refractivity contribution < 1.29 is 13.2 Å². The number of benzene rings is 1. The third-order valence-electron chi connectivity index (χ3n) is 2.63. The van der Waals surface area contributed by atoms with Crippen LogP contribution >= 0.6 is 11.8 Å². The van der Waals surface area contributed by atoms with E-state index in [2.05, 4.69) is 5.10 Å². The monoisotopic (exact) mass is 298 g/mol. The first-order valence-corrected chi connectivity index (χ1v) is 6.61. The van der Waals surface area contributed by atoms with Crippen LogP contribution in [-0.4, -0.2) is 16.0 Å². The van der Waals surface area contributed by atoms with Gasteiger partial charge >= 0.3 is 6.18 Å². The van der Waals surface area contributed by atoms with Gasteiger partial charge in [0.1, 0.15) is 22.5 Å². The quantitative estimate of drug-likeness (QED) is 0.865. The van der Waals surface area contributed by atoms with Crippen LogP contribution in [0.4, 0.5) is 19.0 Å². The lowest BCUT2D eigenvalue weighted by molar-refractivity contribution is -0.137. The summed E-state index contributed by atoms with van der Waals surface area (Å²) in [7, 11) is 0. The summed E-state index contributed by atoms with van der Waals surface area (Å²) in [5.41, 5.74) is 5.62. The smallest absolute Gasteiger partial charge is 0.382 e. The van der Waals surface area contributed by atoms with E-state index in [0.29, 0.717) is 10.7 Å². The fourth-order valence-electron chi connectivity index (χ4n) is 1.65. The second-order valence-electron chi connectivity index (χ2n) is 3.84. The summed E-state index contributed by atoms with van der Waals surface area (Å²) in [6, 6.07) is 6.35. The van der Waals surface area contributed by atoms with Crippen LogP contribution in [-0.2, 0) is 6.18 Å². The molecule has 0 saturated heterocycles. The minimum Gasteiger partial charge on any atom is -0.382 e. The van der Waals surface area contributed by atoms with Crippen molar-refractivity contribution in [1.29, 1.82) is 5.26 Å². The number of hydrogen-bond acceptors (Lipinski definition) is 4. The Morgan fingerprint density at radius 2 is 1.90 bits per heavy atom. The number of aromatic nitrogens is 2. The molecule has 1 aromatic heterocycles. The zero-order valence-corrected chi connectivity index (χ0v) is 11.1. The molecule has 0 atom stereocenters. The van der Waals surface area contributed by atoms with E-state index in [1.807, 2.05) is 6.07 Å². The van der Waals surface area contributed by atoms with E-state index in [1.54, 1.807) is 6.26 Å². The number of nitrogens with zero attached hydrogens (tertiary/aromatic N) is 3. The maximum absolute atomic E-state index is 12.5. The summed E-state index contributed by atoms with van der Waals surface area (Å²) >= 11 is 1.24. The molecular formula is C12H9F3N4S. The molecule has 0 radical (unpaired) electrons. The van der Waals surface area contributed by atoms with Crippen LogP contribution in [0, 0.1) is 11.3 Å². The highest BCUT2D eigenvalue weighted by atomic mass is 32.2. The van der Waals surface area contributed by atoms with Crippen molar-refractivity contribution in [3.63, 3.8) is 0 Å². The Bertz CT molecular complexity index is 668. The number of nitrogens with two attached hydrogens (primary N) is 1. The fourth-order valence-corrected chi connectivity index (χ4v) is 2.16. The van der Waals surface area contributed by atoms with E-state index in [1.165, 1.54) is 28.6 Å². The first-order valence-electron chi connectivity index (χ1n) is 5.38. The summed E-state index contributed by atoms with van der Waals surface area (Å²) < 4.78 is 38.7. The summed E-state index contributed by atoms with van der Waals surface area (Å²) in [6.45, 7) is 0. The molecule has 0 fully saturated rings. The van der Waals surface area contributed by atoms with Crippen LogP contribution in [0.3, 0.4) is 0 Å². The maximum Gasteiger partial charge on any atom is 0.416 e. The van der Waals surface area contributed by atoms with E-state index >= 15 is 0 Å². The van der Waals surface area contributed by atoms with Gasteiger partial charge < -0.3 is 5.73 Å². The average molecular weight is 298 g/mol. The lowest BCUT2D eigenvalue weighted by Gasteiger charge is -2.08. The van der Waals surface area contributed by atoms with Crippen molar-refractivity contribution in [1.82, 2.24) is 9.78 Å². The van der Waals surface area contributed by atoms with Gasteiger partial charge in [-0.05, 0) is 30.5 Å². The van der Waals surface area contributed by atoms with Gasteiger partial charge in [0.05, 0.1) is 11.3 Å². The molecule has 1 heterocycles. The molecule has 1 aromatic carbocycles. The molecule has 0 saturated carbocycles. The van der Waals surface area contributed by atoms with Crippen LogP contribution in [0.25, 0.3) is 5.69 Å². The Morgan fingerprint density at radius 3 is 2.30 bits per heavy atom. The van der Waals surface area contributed by atoms with Crippen molar-refractivity contribution in [2.45, 2.75) is 11.2 Å². The van der Waals surface area contributed by atoms with Gasteiger partial charge in [0.25, 0.3) is 0 Å². The van der Waals surface area contributed by atoms with Crippen LogP contribution in [0.2, 0.25) is 0 Å². The third-order valence-corrected chi connectivity index (χ3v) is 3.31. The minimum absolute atomic E-state index is 0.108. The molecule has 0 spiro atoms. The molecule has 0 aliphatic rings.